The fourth-order valence-electron chi connectivity index (χ4n) is 3.10. The van der Waals surface area contributed by atoms with E-state index < -0.39 is 0 Å². The molecule has 23 heavy (non-hydrogen) atoms. The Hall–Kier alpha value is -2.30. The predicted molar refractivity (Wildman–Crippen MR) is 91.3 cm³/mol. The van der Waals surface area contributed by atoms with Crippen LogP contribution in [0, 0.1) is 6.92 Å². The summed E-state index contributed by atoms with van der Waals surface area (Å²) >= 11 is 0. The molecule has 1 aromatic heterocycles. The summed E-state index contributed by atoms with van der Waals surface area (Å²) in [6.45, 7) is 5.61. The van der Waals surface area contributed by atoms with Gasteiger partial charge in [-0.25, -0.2) is 0 Å². The number of hydrogen-bond donors (Lipinski definition) is 1. The third kappa shape index (κ3) is 3.73. The summed E-state index contributed by atoms with van der Waals surface area (Å²) in [5, 5.41) is 7.75. The number of benzene rings is 1. The molecular weight excluding hydrogens is 288 g/mol. The molecule has 1 fully saturated rings. The van der Waals surface area contributed by atoms with Gasteiger partial charge in [0.1, 0.15) is 6.04 Å². The van der Waals surface area contributed by atoms with Crippen LogP contribution in [-0.4, -0.2) is 39.7 Å². The second-order valence-electron chi connectivity index (χ2n) is 6.28. The first-order chi connectivity index (χ1) is 11.1. The Morgan fingerprint density at radius 2 is 2.09 bits per heavy atom. The van der Waals surface area contributed by atoms with Gasteiger partial charge in [0.15, 0.2) is 0 Å². The first-order valence-electron chi connectivity index (χ1n) is 8.24. The number of aromatic nitrogens is 2. The highest BCUT2D eigenvalue weighted by Crippen LogP contribution is 2.19. The number of nitrogens with one attached hydrogen (secondary N) is 1. The first-order valence-corrected chi connectivity index (χ1v) is 8.24. The van der Waals surface area contributed by atoms with Crippen LogP contribution >= 0.6 is 0 Å². The lowest BCUT2D eigenvalue weighted by molar-refractivity contribution is -0.135. The second kappa shape index (κ2) is 6.86. The fraction of sp³-hybridized carbons (Fsp3) is 0.444. The fourth-order valence-corrected chi connectivity index (χ4v) is 3.10. The van der Waals surface area contributed by atoms with Crippen molar-refractivity contribution < 1.29 is 4.79 Å². The van der Waals surface area contributed by atoms with Gasteiger partial charge in [0.25, 0.3) is 0 Å². The molecule has 5 heteroatoms. The van der Waals surface area contributed by atoms with Gasteiger partial charge >= 0.3 is 0 Å². The summed E-state index contributed by atoms with van der Waals surface area (Å²) in [6.07, 6.45) is 5.51. The van der Waals surface area contributed by atoms with Crippen LogP contribution in [0.1, 0.15) is 31.4 Å². The zero-order valence-corrected chi connectivity index (χ0v) is 13.8. The second-order valence-corrected chi connectivity index (χ2v) is 6.28. The molecule has 1 aromatic carbocycles. The van der Waals surface area contributed by atoms with Crippen molar-refractivity contribution in [2.45, 2.75) is 38.8 Å². The lowest BCUT2D eigenvalue weighted by atomic mass is 10.0. The number of carbonyl (C=O) groups excluding carboxylic acids is 1. The molecule has 5 nitrogen and oxygen atoms in total. The number of likely N-dealkylation sites (tertiary alicyclic amines) is 1. The molecule has 3 rings (SSSR count). The molecule has 2 aromatic rings. The van der Waals surface area contributed by atoms with Crippen LogP contribution in [0.25, 0.3) is 0 Å². The molecule has 0 unspecified atom stereocenters. The average Bonchev–Trinajstić information content (AvgIpc) is 3.09. The Morgan fingerprint density at radius 1 is 1.30 bits per heavy atom. The van der Waals surface area contributed by atoms with E-state index in [0.717, 1.165) is 25.9 Å². The molecule has 0 bridgehead atoms. The number of aryl methyl sites for hydroxylation is 1. The molecule has 0 aliphatic carbocycles. The highest BCUT2D eigenvalue weighted by molar-refractivity contribution is 5.80. The van der Waals surface area contributed by atoms with Crippen molar-refractivity contribution in [1.29, 1.82) is 0 Å². The predicted octanol–water partition coefficient (Wildman–Crippen LogP) is 2.86. The Balaban J connectivity index is 1.53. The zero-order chi connectivity index (χ0) is 16.2. The van der Waals surface area contributed by atoms with Crippen molar-refractivity contribution >= 4 is 11.6 Å². The van der Waals surface area contributed by atoms with Gasteiger partial charge in [-0.3, -0.25) is 9.48 Å². The summed E-state index contributed by atoms with van der Waals surface area (Å²) in [5.41, 5.74) is 2.43. The van der Waals surface area contributed by atoms with E-state index in [1.807, 2.05) is 24.1 Å². The van der Waals surface area contributed by atoms with E-state index in [-0.39, 0.29) is 11.9 Å². The Labute approximate surface area is 137 Å². The lowest BCUT2D eigenvalue weighted by Crippen LogP contribution is -2.44. The molecule has 1 amide bonds. The molecule has 0 radical (unpaired) electrons. The van der Waals surface area contributed by atoms with Crippen molar-refractivity contribution in [2.75, 3.05) is 18.4 Å². The maximum atomic E-state index is 12.6. The van der Waals surface area contributed by atoms with Gasteiger partial charge in [0, 0.05) is 37.2 Å². The van der Waals surface area contributed by atoms with Gasteiger partial charge in [-0.1, -0.05) is 12.1 Å². The SMILES string of the molecule is Cc1cccc(NC2CCN(C(=O)[C@H](C)n3cccn3)CC2)c1. The van der Waals surface area contributed by atoms with Gasteiger partial charge in [-0.15, -0.1) is 0 Å². The van der Waals surface area contributed by atoms with Crippen LogP contribution in [0.2, 0.25) is 0 Å². The summed E-state index contributed by atoms with van der Waals surface area (Å²) in [6, 6.07) is 10.5. The van der Waals surface area contributed by atoms with Crippen molar-refractivity contribution in [3.8, 4) is 0 Å². The number of nitrogens with zero attached hydrogens (tertiary/aromatic N) is 3. The Bertz CT molecular complexity index is 645. The molecule has 1 atom stereocenters. The summed E-state index contributed by atoms with van der Waals surface area (Å²) in [7, 11) is 0. The summed E-state index contributed by atoms with van der Waals surface area (Å²) in [4.78, 5) is 14.5. The molecular formula is C18H24N4O. The van der Waals surface area contributed by atoms with Crippen molar-refractivity contribution in [3.63, 3.8) is 0 Å². The van der Waals surface area contributed by atoms with Crippen LogP contribution in [0.4, 0.5) is 5.69 Å². The van der Waals surface area contributed by atoms with Crippen LogP contribution in [0.5, 0.6) is 0 Å². The Kier molecular flexibility index (Phi) is 4.65. The standard InChI is InChI=1S/C18H24N4O/c1-14-5-3-6-17(13-14)20-16-7-11-21(12-8-16)18(23)15(2)22-10-4-9-19-22/h3-6,9-10,13,15-16,20H,7-8,11-12H2,1-2H3/t15-/m0/s1. The van der Waals surface area contributed by atoms with Crippen molar-refractivity contribution in [1.82, 2.24) is 14.7 Å². The number of anilines is 1. The number of hydrogen-bond acceptors (Lipinski definition) is 3. The smallest absolute Gasteiger partial charge is 0.247 e. The Morgan fingerprint density at radius 3 is 2.74 bits per heavy atom. The monoisotopic (exact) mass is 312 g/mol. The van der Waals surface area contributed by atoms with Gasteiger partial charge in [-0.2, -0.15) is 5.10 Å². The number of carbonyl (C=O) groups is 1. The van der Waals surface area contributed by atoms with E-state index in [1.165, 1.54) is 11.3 Å². The largest absolute Gasteiger partial charge is 0.382 e. The zero-order valence-electron chi connectivity index (χ0n) is 13.8. The molecule has 122 valence electrons. The minimum absolute atomic E-state index is 0.155. The van der Waals surface area contributed by atoms with E-state index in [4.69, 9.17) is 0 Å². The number of rotatable bonds is 4. The summed E-state index contributed by atoms with van der Waals surface area (Å²) in [5.74, 6) is 0.155. The lowest BCUT2D eigenvalue weighted by Gasteiger charge is -2.34. The van der Waals surface area contributed by atoms with E-state index in [9.17, 15) is 4.79 Å². The van der Waals surface area contributed by atoms with Crippen LogP contribution in [0.15, 0.2) is 42.7 Å². The van der Waals surface area contributed by atoms with E-state index in [2.05, 4.69) is 41.6 Å². The molecule has 2 heterocycles. The minimum Gasteiger partial charge on any atom is -0.382 e. The normalized spacial score (nSPS) is 17.0. The minimum atomic E-state index is -0.230. The number of amides is 1. The van der Waals surface area contributed by atoms with E-state index in [0.29, 0.717) is 6.04 Å². The maximum Gasteiger partial charge on any atom is 0.247 e. The highest BCUT2D eigenvalue weighted by Gasteiger charge is 2.26. The molecule has 0 saturated carbocycles. The highest BCUT2D eigenvalue weighted by atomic mass is 16.2. The van der Waals surface area contributed by atoms with Gasteiger partial charge in [0.2, 0.25) is 5.91 Å². The molecule has 1 N–H and O–H groups in total. The van der Waals surface area contributed by atoms with Crippen LogP contribution < -0.4 is 5.32 Å². The van der Waals surface area contributed by atoms with Crippen LogP contribution in [0.3, 0.4) is 0 Å². The molecule has 1 aliphatic heterocycles. The van der Waals surface area contributed by atoms with Gasteiger partial charge in [-0.05, 0) is 50.5 Å². The first kappa shape index (κ1) is 15.6. The third-order valence-corrected chi connectivity index (χ3v) is 4.47. The third-order valence-electron chi connectivity index (χ3n) is 4.47. The molecule has 1 saturated heterocycles. The molecule has 0 spiro atoms. The van der Waals surface area contributed by atoms with E-state index in [1.54, 1.807) is 10.9 Å². The maximum absolute atomic E-state index is 12.6. The summed E-state index contributed by atoms with van der Waals surface area (Å²) < 4.78 is 1.72. The van der Waals surface area contributed by atoms with Gasteiger partial charge in [0.05, 0.1) is 0 Å². The van der Waals surface area contributed by atoms with Crippen LogP contribution in [-0.2, 0) is 4.79 Å². The quantitative estimate of drug-likeness (QED) is 0.944. The van der Waals surface area contributed by atoms with E-state index >= 15 is 0 Å². The van der Waals surface area contributed by atoms with Crippen molar-refractivity contribution in [3.05, 3.63) is 48.3 Å². The topological polar surface area (TPSA) is 50.2 Å². The average molecular weight is 312 g/mol. The molecule has 1 aliphatic rings. The van der Waals surface area contributed by atoms with Crippen molar-refractivity contribution in [2.24, 2.45) is 0 Å². The van der Waals surface area contributed by atoms with Gasteiger partial charge < -0.3 is 10.2 Å². The number of piperidine rings is 1.